The van der Waals surface area contributed by atoms with Gasteiger partial charge < -0.3 is 45.2 Å². The van der Waals surface area contributed by atoms with E-state index in [1.54, 1.807) is 22.2 Å². The van der Waals surface area contributed by atoms with Crippen molar-refractivity contribution < 1.29 is 46.6 Å². The third kappa shape index (κ3) is 14.9. The van der Waals surface area contributed by atoms with Crippen molar-refractivity contribution in [3.05, 3.63) is 76.7 Å². The van der Waals surface area contributed by atoms with Crippen LogP contribution in [0.3, 0.4) is 0 Å². The first-order valence-electron chi connectivity index (χ1n) is 28.4. The number of benzene rings is 2. The maximum Gasteiger partial charge on any atom is 0.339 e. The van der Waals surface area contributed by atoms with Crippen LogP contribution in [-0.4, -0.2) is 166 Å². The fourth-order valence-corrected chi connectivity index (χ4v) is 14.9. The summed E-state index contributed by atoms with van der Waals surface area (Å²) in [5, 5.41) is 25.8. The molecule has 2 aliphatic heterocycles. The molecule has 4 fully saturated rings. The molecule has 19 nitrogen and oxygen atoms in total. The molecule has 1 unspecified atom stereocenters. The number of carbonyl (C=O) groups excluding carboxylic acids is 3. The molecule has 3 amide bonds. The van der Waals surface area contributed by atoms with Crippen LogP contribution in [0.4, 0.5) is 20.9 Å². The lowest BCUT2D eigenvalue weighted by Crippen LogP contribution is -2.42. The summed E-state index contributed by atoms with van der Waals surface area (Å²) in [5.74, 6) is -1.75. The molecule has 5 aromatic rings. The number of sulfonamides is 1. The number of halogens is 1. The van der Waals surface area contributed by atoms with Crippen molar-refractivity contribution in [1.29, 1.82) is 0 Å². The third-order valence-corrected chi connectivity index (χ3v) is 20.0. The lowest BCUT2D eigenvalue weighted by atomic mass is 9.77. The van der Waals surface area contributed by atoms with Gasteiger partial charge in [0, 0.05) is 74.8 Å². The highest BCUT2D eigenvalue weighted by atomic mass is 32.2. The van der Waals surface area contributed by atoms with Crippen molar-refractivity contribution in [3.63, 3.8) is 0 Å². The molecule has 2 aliphatic carbocycles. The monoisotopic (exact) mass is 1160 g/mol. The Hall–Kier alpha value is -5.56. The Morgan fingerprint density at radius 3 is 2.46 bits per heavy atom. The van der Waals surface area contributed by atoms with Crippen LogP contribution < -0.4 is 20.3 Å². The summed E-state index contributed by atoms with van der Waals surface area (Å²) in [6.45, 7) is 7.23. The summed E-state index contributed by atoms with van der Waals surface area (Å²) < 4.78 is 57.9. The van der Waals surface area contributed by atoms with Crippen molar-refractivity contribution in [1.82, 2.24) is 34.8 Å². The van der Waals surface area contributed by atoms with Gasteiger partial charge in [0.1, 0.15) is 21.9 Å². The SMILES string of the molecule is CCCCC1CCCN1C(=O)[C@@H]1CCC[C@H](c2cc(NCCOCCOCC(=O)NCCN3CCC(C(=O)Nc4nc5c(F)cc(N(CCN(C)C)S(=O)(=O)c6cccs6)cc5s4)CC3)cc(-n3ncc(C(=O)O)c3C3CC3)c2)C1. The van der Waals surface area contributed by atoms with Gasteiger partial charge in [0.15, 0.2) is 10.9 Å². The molecule has 3 aromatic heterocycles. The molecule has 0 radical (unpaired) electrons. The van der Waals surface area contributed by atoms with Gasteiger partial charge in [-0.3, -0.25) is 18.7 Å². The summed E-state index contributed by atoms with van der Waals surface area (Å²) in [6.07, 6.45) is 13.7. The van der Waals surface area contributed by atoms with Crippen LogP contribution >= 0.6 is 22.7 Å². The van der Waals surface area contributed by atoms with Crippen LogP contribution in [0.25, 0.3) is 15.9 Å². The number of hydrogen-bond donors (Lipinski definition) is 4. The molecule has 4 N–H and O–H groups in total. The van der Waals surface area contributed by atoms with Crippen molar-refractivity contribution in [2.45, 2.75) is 112 Å². The Morgan fingerprint density at radius 2 is 1.71 bits per heavy atom. The molecule has 0 bridgehead atoms. The van der Waals surface area contributed by atoms with E-state index in [1.165, 1.54) is 22.6 Å². The highest BCUT2D eigenvalue weighted by Gasteiger charge is 2.37. The van der Waals surface area contributed by atoms with Gasteiger partial charge in [0.2, 0.25) is 17.7 Å². The standard InChI is InChI=1S/C57H77FN10O9S3/c1-4-5-11-44-12-7-20-66(44)55(71)41-10-6-9-40(30-41)42-31-43(33-46(32-42)68-53(38-14-15-38)47(36-61-68)56(72)73)59-19-26-76-27-28-77-37-50(69)60-18-23-65-21-16-39(17-22-65)54(70)63-57-62-52-48(58)34-45(35-49(52)79-57)67(25-24-64(2)3)80(74,75)51-13-8-29-78-51/h8,13,29,31-36,38-41,44,59H,4-7,9-12,14-28,30,37H2,1-3H3,(H,60,69)(H,72,73)(H,62,63,70)/t40-,41+,44?/m0/s1. The molecule has 80 heavy (non-hydrogen) atoms. The summed E-state index contributed by atoms with van der Waals surface area (Å²) in [5.41, 5.74) is 4.00. The van der Waals surface area contributed by atoms with Gasteiger partial charge in [-0.25, -0.2) is 27.3 Å². The van der Waals surface area contributed by atoms with E-state index < -0.39 is 21.8 Å². The van der Waals surface area contributed by atoms with Gasteiger partial charge in [-0.05, 0) is 139 Å². The van der Waals surface area contributed by atoms with E-state index >= 15 is 4.39 Å². The van der Waals surface area contributed by atoms with E-state index in [0.29, 0.717) is 82.0 Å². The molecule has 3 atom stereocenters. The first kappa shape index (κ1) is 59.1. The number of thiazole rings is 1. The van der Waals surface area contributed by atoms with E-state index in [-0.39, 0.29) is 81.4 Å². The van der Waals surface area contributed by atoms with Crippen LogP contribution in [0.5, 0.6) is 0 Å². The molecule has 2 saturated carbocycles. The van der Waals surface area contributed by atoms with E-state index in [9.17, 15) is 32.7 Å². The molecule has 0 spiro atoms. The number of nitrogens with one attached hydrogen (secondary N) is 3. The fourth-order valence-electron chi connectivity index (χ4n) is 11.4. The fraction of sp³-hybridized carbons (Fsp3) is 0.579. The molecule has 434 valence electrons. The number of carboxylic acids is 1. The van der Waals surface area contributed by atoms with Gasteiger partial charge in [-0.15, -0.1) is 11.3 Å². The average molecular weight is 1160 g/mol. The number of thiophene rings is 1. The van der Waals surface area contributed by atoms with Crippen LogP contribution in [0.1, 0.15) is 124 Å². The number of fused-ring (bicyclic) bond motifs is 1. The van der Waals surface area contributed by atoms with Gasteiger partial charge >= 0.3 is 5.97 Å². The third-order valence-electron chi connectivity index (χ3n) is 15.9. The summed E-state index contributed by atoms with van der Waals surface area (Å²) >= 11 is 2.20. The van der Waals surface area contributed by atoms with Crippen LogP contribution in [-0.2, 0) is 33.9 Å². The number of carboxylic acid groups (broad SMARTS) is 1. The van der Waals surface area contributed by atoms with Crippen molar-refractivity contribution in [3.8, 4) is 5.69 Å². The number of ether oxygens (including phenoxy) is 2. The molecule has 4 aliphatic rings. The topological polar surface area (TPSA) is 221 Å². The van der Waals surface area contributed by atoms with Crippen molar-refractivity contribution in [2.24, 2.45) is 11.8 Å². The van der Waals surface area contributed by atoms with Gasteiger partial charge in [0.05, 0.1) is 47.8 Å². The Balaban J connectivity index is 0.687. The van der Waals surface area contributed by atoms with Gasteiger partial charge in [-0.2, -0.15) is 5.10 Å². The molecule has 2 aromatic carbocycles. The lowest BCUT2D eigenvalue weighted by Gasteiger charge is -2.34. The first-order chi connectivity index (χ1) is 38.7. The molecular weight excluding hydrogens is 1080 g/mol. The number of carbonyl (C=O) groups is 4. The van der Waals surface area contributed by atoms with Crippen LogP contribution in [0.15, 0.2) is 58.3 Å². The highest BCUT2D eigenvalue weighted by molar-refractivity contribution is 7.94. The first-order valence-corrected chi connectivity index (χ1v) is 31.6. The number of piperidine rings is 1. The van der Waals surface area contributed by atoms with Crippen LogP contribution in [0, 0.1) is 17.7 Å². The number of amides is 3. The summed E-state index contributed by atoms with van der Waals surface area (Å²) in [7, 11) is -0.271. The van der Waals surface area contributed by atoms with Crippen molar-refractivity contribution >= 4 is 83.1 Å². The summed E-state index contributed by atoms with van der Waals surface area (Å²) in [4.78, 5) is 62.8. The Kier molecular flexibility index (Phi) is 20.3. The zero-order chi connectivity index (χ0) is 56.3. The number of hydrogen-bond acceptors (Lipinski definition) is 15. The molecule has 2 saturated heterocycles. The van der Waals surface area contributed by atoms with E-state index in [2.05, 4.69) is 54.9 Å². The smallest absolute Gasteiger partial charge is 0.339 e. The zero-order valence-electron chi connectivity index (χ0n) is 46.2. The molecule has 23 heteroatoms. The molecular formula is C57H77FN10O9S3. The number of rotatable bonds is 28. The predicted molar refractivity (Wildman–Crippen MR) is 309 cm³/mol. The number of aromatic carboxylic acids is 1. The number of likely N-dealkylation sites (N-methyl/N-ethyl adjacent to an activating group) is 1. The predicted octanol–water partition coefficient (Wildman–Crippen LogP) is 8.38. The maximum absolute atomic E-state index is 15.5. The second kappa shape index (κ2) is 27.5. The van der Waals surface area contributed by atoms with Crippen molar-refractivity contribution in [2.75, 3.05) is 108 Å². The van der Waals surface area contributed by atoms with Gasteiger partial charge in [-0.1, -0.05) is 43.6 Å². The largest absolute Gasteiger partial charge is 0.478 e. The van der Waals surface area contributed by atoms with E-state index in [1.807, 2.05) is 25.1 Å². The maximum atomic E-state index is 15.5. The highest BCUT2D eigenvalue weighted by Crippen LogP contribution is 2.44. The Labute approximate surface area is 476 Å². The molecule has 5 heterocycles. The normalized spacial score (nSPS) is 19.2. The number of likely N-dealkylation sites (tertiary alicyclic amines) is 2. The minimum absolute atomic E-state index is 0.0130. The Bertz CT molecular complexity index is 3030. The second-order valence-corrected chi connectivity index (χ2v) is 26.0. The minimum Gasteiger partial charge on any atom is -0.478 e. The van der Waals surface area contributed by atoms with Gasteiger partial charge in [0.25, 0.3) is 10.0 Å². The number of aromatic nitrogens is 3. The number of nitrogens with zero attached hydrogens (tertiary/aromatic N) is 7. The Morgan fingerprint density at radius 1 is 0.900 bits per heavy atom. The number of anilines is 3. The quantitative estimate of drug-likeness (QED) is 0.0346. The zero-order valence-corrected chi connectivity index (χ0v) is 48.7. The van der Waals surface area contributed by atoms with E-state index in [0.717, 1.165) is 122 Å². The van der Waals surface area contributed by atoms with E-state index in [4.69, 9.17) is 9.47 Å². The average Bonchev–Trinajstić information content (AvgIpc) is 3.94. The second-order valence-electron chi connectivity index (χ2n) is 21.9. The summed E-state index contributed by atoms with van der Waals surface area (Å²) in [6, 6.07) is 12.6. The minimum atomic E-state index is -3.94. The van der Waals surface area contributed by atoms with Crippen LogP contribution in [0.2, 0.25) is 0 Å². The lowest BCUT2D eigenvalue weighted by molar-refractivity contribution is -0.137. The molecule has 9 rings (SSSR count). The number of unbranched alkanes of at least 4 members (excludes halogenated alkanes) is 1.